The fourth-order valence-corrected chi connectivity index (χ4v) is 2.76. The molecule has 7 heteroatoms. The molecule has 1 aromatic heterocycles. The Bertz CT molecular complexity index is 638. The first-order valence-corrected chi connectivity index (χ1v) is 7.57. The van der Waals surface area contributed by atoms with Crippen molar-refractivity contribution in [1.29, 1.82) is 0 Å². The molecular formula is C15H22N4O3. The second-order valence-electron chi connectivity index (χ2n) is 5.63. The number of nitrogens with one attached hydrogen (secondary N) is 2. The number of aromatic nitrogens is 2. The van der Waals surface area contributed by atoms with Gasteiger partial charge in [0.1, 0.15) is 11.9 Å². The second kappa shape index (κ2) is 6.72. The van der Waals surface area contributed by atoms with Gasteiger partial charge in [0.15, 0.2) is 0 Å². The van der Waals surface area contributed by atoms with Crippen LogP contribution in [0.5, 0.6) is 0 Å². The van der Waals surface area contributed by atoms with E-state index in [1.54, 1.807) is 11.8 Å². The van der Waals surface area contributed by atoms with E-state index in [-0.39, 0.29) is 17.4 Å². The van der Waals surface area contributed by atoms with Gasteiger partial charge in [-0.3, -0.25) is 14.4 Å². The second-order valence-corrected chi connectivity index (χ2v) is 5.63. The predicted molar refractivity (Wildman–Crippen MR) is 81.2 cm³/mol. The van der Waals surface area contributed by atoms with Crippen LogP contribution in [-0.2, 0) is 22.6 Å². The van der Waals surface area contributed by atoms with Gasteiger partial charge in [0.25, 0.3) is 5.56 Å². The van der Waals surface area contributed by atoms with Gasteiger partial charge in [0, 0.05) is 19.0 Å². The summed E-state index contributed by atoms with van der Waals surface area (Å²) in [6.07, 6.45) is 1.89. The zero-order valence-corrected chi connectivity index (χ0v) is 13.2. The number of fused-ring (bicyclic) bond motifs is 1. The third-order valence-electron chi connectivity index (χ3n) is 3.76. The summed E-state index contributed by atoms with van der Waals surface area (Å²) in [4.78, 5) is 44.4. The van der Waals surface area contributed by atoms with Crippen molar-refractivity contribution in [3.8, 4) is 0 Å². The molecule has 120 valence electrons. The molecule has 0 saturated heterocycles. The van der Waals surface area contributed by atoms with Crippen LogP contribution in [0.3, 0.4) is 0 Å². The third-order valence-corrected chi connectivity index (χ3v) is 3.76. The minimum Gasteiger partial charge on any atom is -0.345 e. The minimum atomic E-state index is -0.507. The lowest BCUT2D eigenvalue weighted by Crippen LogP contribution is -2.50. The normalized spacial score (nSPS) is 15.1. The fourth-order valence-electron chi connectivity index (χ4n) is 2.76. The molecule has 0 aliphatic carbocycles. The summed E-state index contributed by atoms with van der Waals surface area (Å²) in [5.41, 5.74) is 1.18. The van der Waals surface area contributed by atoms with Gasteiger partial charge >= 0.3 is 0 Å². The lowest BCUT2D eigenvalue weighted by Gasteiger charge is -2.31. The van der Waals surface area contributed by atoms with Crippen molar-refractivity contribution < 1.29 is 9.59 Å². The van der Waals surface area contributed by atoms with Gasteiger partial charge in [-0.2, -0.15) is 0 Å². The molecule has 2 amide bonds. The van der Waals surface area contributed by atoms with E-state index in [9.17, 15) is 14.4 Å². The molecular weight excluding hydrogens is 284 g/mol. The van der Waals surface area contributed by atoms with E-state index >= 15 is 0 Å². The predicted octanol–water partition coefficient (Wildman–Crippen LogP) is 0.268. The lowest BCUT2D eigenvalue weighted by atomic mass is 10.0. The van der Waals surface area contributed by atoms with Crippen molar-refractivity contribution in [3.63, 3.8) is 0 Å². The Morgan fingerprint density at radius 2 is 2.18 bits per heavy atom. The number of H-pyrrole nitrogens is 1. The highest BCUT2D eigenvalue weighted by atomic mass is 16.2. The van der Waals surface area contributed by atoms with Crippen molar-refractivity contribution in [2.75, 3.05) is 6.54 Å². The van der Waals surface area contributed by atoms with Crippen LogP contribution < -0.4 is 10.9 Å². The Labute approximate surface area is 129 Å². The van der Waals surface area contributed by atoms with Crippen molar-refractivity contribution in [3.05, 3.63) is 27.4 Å². The zero-order valence-electron chi connectivity index (χ0n) is 13.2. The van der Waals surface area contributed by atoms with Crippen LogP contribution in [0.2, 0.25) is 0 Å². The molecule has 1 aromatic rings. The first kappa shape index (κ1) is 16.2. The Kier molecular flexibility index (Phi) is 4.95. The van der Waals surface area contributed by atoms with Crippen LogP contribution in [0.1, 0.15) is 43.8 Å². The molecule has 0 unspecified atom stereocenters. The standard InChI is InChI=1S/C15H22N4O3/c1-4-5-12(18-10(3)20)15(22)19-7-6-11-13(8-19)16-9(2)17-14(11)21/h12H,4-8H2,1-3H3,(H,18,20)(H,16,17,21)/t12-/m1/s1. The summed E-state index contributed by atoms with van der Waals surface area (Å²) in [7, 11) is 0. The van der Waals surface area contributed by atoms with Gasteiger partial charge in [0.2, 0.25) is 11.8 Å². The van der Waals surface area contributed by atoms with E-state index in [1.807, 2.05) is 6.92 Å². The summed E-state index contributed by atoms with van der Waals surface area (Å²) in [5.74, 6) is 0.224. The summed E-state index contributed by atoms with van der Waals surface area (Å²) >= 11 is 0. The van der Waals surface area contributed by atoms with Crippen molar-refractivity contribution in [1.82, 2.24) is 20.2 Å². The van der Waals surface area contributed by atoms with E-state index in [0.29, 0.717) is 43.0 Å². The SMILES string of the molecule is CCC[C@@H](NC(C)=O)C(=O)N1CCc2c(nc(C)[nH]c2=O)C1. The molecule has 0 radical (unpaired) electrons. The number of aryl methyl sites for hydroxylation is 1. The van der Waals surface area contributed by atoms with Crippen LogP contribution in [0.15, 0.2) is 4.79 Å². The molecule has 0 bridgehead atoms. The number of carbonyl (C=O) groups excluding carboxylic acids is 2. The van der Waals surface area contributed by atoms with Crippen molar-refractivity contribution >= 4 is 11.8 Å². The van der Waals surface area contributed by atoms with E-state index in [2.05, 4.69) is 15.3 Å². The molecule has 1 aliphatic rings. The minimum absolute atomic E-state index is 0.109. The molecule has 0 spiro atoms. The highest BCUT2D eigenvalue weighted by Crippen LogP contribution is 2.15. The van der Waals surface area contributed by atoms with E-state index in [4.69, 9.17) is 0 Å². The Hall–Kier alpha value is -2.18. The summed E-state index contributed by atoms with van der Waals surface area (Å²) in [6.45, 7) is 5.89. The van der Waals surface area contributed by atoms with E-state index in [0.717, 1.165) is 6.42 Å². The average molecular weight is 306 g/mol. The first-order valence-electron chi connectivity index (χ1n) is 7.57. The van der Waals surface area contributed by atoms with Crippen molar-refractivity contribution in [2.24, 2.45) is 0 Å². The number of nitrogens with zero attached hydrogens (tertiary/aromatic N) is 2. The smallest absolute Gasteiger partial charge is 0.254 e. The largest absolute Gasteiger partial charge is 0.345 e. The number of amides is 2. The monoisotopic (exact) mass is 306 g/mol. The average Bonchev–Trinajstić information content (AvgIpc) is 2.44. The lowest BCUT2D eigenvalue weighted by molar-refractivity contribution is -0.137. The zero-order chi connectivity index (χ0) is 16.3. The molecule has 0 aromatic carbocycles. The molecule has 2 N–H and O–H groups in total. The molecule has 1 atom stereocenters. The van der Waals surface area contributed by atoms with Gasteiger partial charge in [-0.15, -0.1) is 0 Å². The fraction of sp³-hybridized carbons (Fsp3) is 0.600. The maximum Gasteiger partial charge on any atom is 0.254 e. The van der Waals surface area contributed by atoms with Gasteiger partial charge in [-0.25, -0.2) is 4.98 Å². The number of carbonyl (C=O) groups is 2. The summed E-state index contributed by atoms with van der Waals surface area (Å²) in [6, 6.07) is -0.507. The van der Waals surface area contributed by atoms with Gasteiger partial charge in [-0.1, -0.05) is 13.3 Å². The Balaban J connectivity index is 2.18. The number of rotatable bonds is 4. The number of hydrogen-bond acceptors (Lipinski definition) is 4. The summed E-state index contributed by atoms with van der Waals surface area (Å²) in [5, 5.41) is 2.71. The Morgan fingerprint density at radius 3 is 2.82 bits per heavy atom. The molecule has 2 heterocycles. The highest BCUT2D eigenvalue weighted by Gasteiger charge is 2.29. The topological polar surface area (TPSA) is 95.2 Å². The highest BCUT2D eigenvalue weighted by molar-refractivity contribution is 5.87. The molecule has 0 saturated carbocycles. The number of aromatic amines is 1. The Morgan fingerprint density at radius 1 is 1.45 bits per heavy atom. The molecule has 7 nitrogen and oxygen atoms in total. The summed E-state index contributed by atoms with van der Waals surface area (Å²) < 4.78 is 0. The molecule has 1 aliphatic heterocycles. The maximum absolute atomic E-state index is 12.6. The van der Waals surface area contributed by atoms with Crippen LogP contribution >= 0.6 is 0 Å². The van der Waals surface area contributed by atoms with Gasteiger partial charge in [-0.05, 0) is 19.8 Å². The first-order chi connectivity index (χ1) is 10.4. The maximum atomic E-state index is 12.6. The van der Waals surface area contributed by atoms with Crippen LogP contribution in [0.4, 0.5) is 0 Å². The third kappa shape index (κ3) is 3.52. The molecule has 0 fully saturated rings. The van der Waals surface area contributed by atoms with E-state index in [1.165, 1.54) is 6.92 Å². The van der Waals surface area contributed by atoms with Crippen LogP contribution in [0.25, 0.3) is 0 Å². The van der Waals surface area contributed by atoms with E-state index < -0.39 is 6.04 Å². The quantitative estimate of drug-likeness (QED) is 0.834. The molecule has 2 rings (SSSR count). The van der Waals surface area contributed by atoms with Gasteiger partial charge < -0.3 is 15.2 Å². The van der Waals surface area contributed by atoms with Crippen LogP contribution in [-0.4, -0.2) is 39.3 Å². The molecule has 22 heavy (non-hydrogen) atoms. The van der Waals surface area contributed by atoms with Gasteiger partial charge in [0.05, 0.1) is 12.2 Å². The van der Waals surface area contributed by atoms with Crippen LogP contribution in [0, 0.1) is 6.92 Å². The van der Waals surface area contributed by atoms with Crippen molar-refractivity contribution in [2.45, 2.75) is 52.6 Å². The number of hydrogen-bond donors (Lipinski definition) is 2.